The van der Waals surface area contributed by atoms with E-state index in [1.54, 1.807) is 48.8 Å². The first-order valence-electron chi connectivity index (χ1n) is 12.7. The monoisotopic (exact) mass is 543 g/mol. The highest BCUT2D eigenvalue weighted by atomic mass is 32.2. The van der Waals surface area contributed by atoms with Crippen LogP contribution in [-0.4, -0.2) is 33.0 Å². The number of nitriles is 1. The van der Waals surface area contributed by atoms with Crippen LogP contribution in [0, 0.1) is 18.3 Å². The Bertz CT molecular complexity index is 1710. The van der Waals surface area contributed by atoms with Crippen molar-refractivity contribution in [2.45, 2.75) is 62.4 Å². The Balaban J connectivity index is 1.88. The zero-order valence-corrected chi connectivity index (χ0v) is 22.8. The van der Waals surface area contributed by atoms with Gasteiger partial charge in [-0.25, -0.2) is 13.4 Å². The van der Waals surface area contributed by atoms with E-state index in [0.29, 0.717) is 36.0 Å². The van der Waals surface area contributed by atoms with Crippen molar-refractivity contribution >= 4 is 9.84 Å². The molecule has 0 saturated carbocycles. The van der Waals surface area contributed by atoms with Crippen molar-refractivity contribution in [2.75, 3.05) is 0 Å². The summed E-state index contributed by atoms with van der Waals surface area (Å²) in [7, 11) is -4.53. The van der Waals surface area contributed by atoms with Gasteiger partial charge in [0.15, 0.2) is 5.03 Å². The molecule has 200 valence electrons. The van der Waals surface area contributed by atoms with Crippen LogP contribution in [0.3, 0.4) is 0 Å². The number of hydrogen-bond acceptors (Lipinski definition) is 8. The van der Waals surface area contributed by atoms with Gasteiger partial charge in [0.1, 0.15) is 5.82 Å². The molecule has 0 aliphatic carbocycles. The summed E-state index contributed by atoms with van der Waals surface area (Å²) >= 11 is 0. The van der Waals surface area contributed by atoms with Crippen LogP contribution in [0.1, 0.15) is 61.7 Å². The Morgan fingerprint density at radius 1 is 1.13 bits per heavy atom. The van der Waals surface area contributed by atoms with Crippen LogP contribution in [0.2, 0.25) is 0 Å². The Labute approximate surface area is 227 Å². The Morgan fingerprint density at radius 2 is 1.92 bits per heavy atom. The van der Waals surface area contributed by atoms with Gasteiger partial charge in [0.05, 0.1) is 17.7 Å². The molecule has 0 amide bonds. The molecular formula is C29H29N5O4S. The number of aromatic nitrogens is 4. The molecule has 0 aliphatic heterocycles. The van der Waals surface area contributed by atoms with E-state index in [9.17, 15) is 23.6 Å². The molecule has 10 heteroatoms. The molecule has 0 aliphatic rings. The van der Waals surface area contributed by atoms with E-state index < -0.39 is 32.2 Å². The maximum absolute atomic E-state index is 13.9. The lowest BCUT2D eigenvalue weighted by Crippen LogP contribution is -2.33. The number of aromatic hydroxyl groups is 1. The third kappa shape index (κ3) is 5.45. The van der Waals surface area contributed by atoms with E-state index in [2.05, 4.69) is 21.0 Å². The van der Waals surface area contributed by atoms with Gasteiger partial charge in [-0.1, -0.05) is 32.4 Å². The predicted molar refractivity (Wildman–Crippen MR) is 146 cm³/mol. The average molecular weight is 544 g/mol. The Morgan fingerprint density at radius 3 is 2.56 bits per heavy atom. The van der Waals surface area contributed by atoms with E-state index in [1.165, 1.54) is 16.8 Å². The number of unbranched alkanes of at least 4 members (excludes halogenated alkanes) is 1. The number of benzene rings is 1. The lowest BCUT2D eigenvalue weighted by atomic mass is 10.0. The predicted octanol–water partition coefficient (Wildman–Crippen LogP) is 4.76. The van der Waals surface area contributed by atoms with Crippen molar-refractivity contribution < 1.29 is 13.5 Å². The minimum absolute atomic E-state index is 0.281. The largest absolute Gasteiger partial charge is 0.492 e. The first kappa shape index (κ1) is 27.7. The molecule has 9 nitrogen and oxygen atoms in total. The van der Waals surface area contributed by atoms with E-state index in [-0.39, 0.29) is 10.9 Å². The molecule has 1 atom stereocenters. The van der Waals surface area contributed by atoms with Crippen LogP contribution >= 0.6 is 0 Å². The summed E-state index contributed by atoms with van der Waals surface area (Å²) in [6, 6.07) is 13.1. The van der Waals surface area contributed by atoms with Crippen LogP contribution < -0.4 is 5.56 Å². The van der Waals surface area contributed by atoms with Crippen molar-refractivity contribution in [3.05, 3.63) is 93.9 Å². The zero-order valence-electron chi connectivity index (χ0n) is 22.0. The number of sulfone groups is 1. The van der Waals surface area contributed by atoms with Gasteiger partial charge in [-0.2, -0.15) is 10.2 Å². The lowest BCUT2D eigenvalue weighted by Gasteiger charge is -2.23. The van der Waals surface area contributed by atoms with Crippen molar-refractivity contribution in [3.8, 4) is 23.1 Å². The first-order chi connectivity index (χ1) is 18.7. The highest BCUT2D eigenvalue weighted by Gasteiger charge is 2.32. The number of nitrogens with zero attached hydrogens (tertiary/aromatic N) is 5. The quantitative estimate of drug-likeness (QED) is 0.319. The van der Waals surface area contributed by atoms with E-state index in [1.807, 2.05) is 20.8 Å². The van der Waals surface area contributed by atoms with Crippen LogP contribution in [-0.2, 0) is 16.3 Å². The zero-order chi connectivity index (χ0) is 28.2. The molecule has 0 radical (unpaired) electrons. The highest BCUT2D eigenvalue weighted by Crippen LogP contribution is 2.29. The minimum Gasteiger partial charge on any atom is -0.492 e. The molecule has 1 aromatic carbocycles. The number of aryl methyl sites for hydroxylation is 2. The molecular weight excluding hydrogens is 514 g/mol. The minimum atomic E-state index is -4.53. The van der Waals surface area contributed by atoms with Gasteiger partial charge in [-0.15, -0.1) is 0 Å². The Kier molecular flexibility index (Phi) is 8.21. The number of rotatable bonds is 9. The lowest BCUT2D eigenvalue weighted by molar-refractivity contribution is 0.406. The molecule has 0 saturated heterocycles. The first-order valence-corrected chi connectivity index (χ1v) is 14.2. The maximum Gasteiger partial charge on any atom is 0.277 e. The van der Waals surface area contributed by atoms with E-state index in [4.69, 9.17) is 0 Å². The molecule has 0 fully saturated rings. The summed E-state index contributed by atoms with van der Waals surface area (Å²) in [6.07, 6.45) is 7.04. The van der Waals surface area contributed by atoms with Gasteiger partial charge in [0.25, 0.3) is 5.56 Å². The molecule has 4 aromatic rings. The van der Waals surface area contributed by atoms with E-state index in [0.717, 1.165) is 17.5 Å². The summed E-state index contributed by atoms with van der Waals surface area (Å²) < 4.78 is 28.7. The van der Waals surface area contributed by atoms with Crippen molar-refractivity contribution in [1.29, 1.82) is 5.26 Å². The van der Waals surface area contributed by atoms with Crippen LogP contribution in [0.15, 0.2) is 75.8 Å². The molecule has 3 heterocycles. The third-order valence-corrected chi connectivity index (χ3v) is 8.28. The Hall–Kier alpha value is -4.36. The second-order valence-corrected chi connectivity index (χ2v) is 11.0. The normalized spacial score (nSPS) is 12.2. The summed E-state index contributed by atoms with van der Waals surface area (Å²) in [6.45, 7) is 5.73. The van der Waals surface area contributed by atoms with Crippen molar-refractivity contribution in [3.63, 3.8) is 0 Å². The topological polar surface area (TPSA) is 139 Å². The van der Waals surface area contributed by atoms with Gasteiger partial charge in [0, 0.05) is 30.6 Å². The highest BCUT2D eigenvalue weighted by molar-refractivity contribution is 7.91. The van der Waals surface area contributed by atoms with Gasteiger partial charge in [-0.3, -0.25) is 14.3 Å². The van der Waals surface area contributed by atoms with Crippen molar-refractivity contribution in [2.24, 2.45) is 0 Å². The van der Waals surface area contributed by atoms with Crippen LogP contribution in [0.25, 0.3) is 11.1 Å². The van der Waals surface area contributed by atoms with Crippen LogP contribution in [0.5, 0.6) is 5.88 Å². The van der Waals surface area contributed by atoms with Crippen molar-refractivity contribution in [1.82, 2.24) is 19.5 Å². The summed E-state index contributed by atoms with van der Waals surface area (Å²) in [5.41, 5.74) is 2.64. The fraction of sp³-hybridized carbons (Fsp3) is 0.276. The summed E-state index contributed by atoms with van der Waals surface area (Å²) in [4.78, 5) is 25.5. The van der Waals surface area contributed by atoms with Gasteiger partial charge >= 0.3 is 0 Å². The SMILES string of the molecule is CCCCc1nc(O)c(S(=O)(=O)c2ccc(-c3ccncc3C)cn2)c(=O)n1[C@@H](CC)c1cccc(C#N)c1. The molecule has 39 heavy (non-hydrogen) atoms. The molecule has 3 aromatic heterocycles. The molecule has 1 N–H and O–H groups in total. The molecule has 4 rings (SSSR count). The number of pyridine rings is 2. The molecule has 0 unspecified atom stereocenters. The second kappa shape index (κ2) is 11.6. The summed E-state index contributed by atoms with van der Waals surface area (Å²) in [5.74, 6) is -0.567. The third-order valence-electron chi connectivity index (χ3n) is 6.59. The maximum atomic E-state index is 13.9. The van der Waals surface area contributed by atoms with Gasteiger partial charge in [0.2, 0.25) is 20.6 Å². The van der Waals surface area contributed by atoms with Gasteiger partial charge in [-0.05, 0) is 66.8 Å². The fourth-order valence-electron chi connectivity index (χ4n) is 4.60. The molecule has 0 bridgehead atoms. The average Bonchev–Trinajstić information content (AvgIpc) is 2.94. The van der Waals surface area contributed by atoms with Crippen LogP contribution in [0.4, 0.5) is 0 Å². The number of hydrogen-bond donors (Lipinski definition) is 1. The standard InChI is InChI=1S/C29H29N5O4S/c1-4-6-10-25-33-28(35)27(29(36)34(25)24(5-2)21-9-7-8-20(15-21)16-30)39(37,38)26-12-11-22(18-32-26)23-13-14-31-17-19(23)3/h7-9,11-15,17-18,24,35H,4-6,10H2,1-3H3/t24-/m0/s1. The fourth-order valence-corrected chi connectivity index (χ4v) is 5.86. The molecule has 0 spiro atoms. The second-order valence-electron chi connectivity index (χ2n) is 9.20. The summed E-state index contributed by atoms with van der Waals surface area (Å²) in [5, 5.41) is 19.8. The van der Waals surface area contributed by atoms with Gasteiger partial charge < -0.3 is 5.11 Å². The van der Waals surface area contributed by atoms with E-state index >= 15 is 0 Å². The smallest absolute Gasteiger partial charge is 0.277 e.